The molecule has 3 nitrogen and oxygen atoms in total. The molecule has 0 heterocycles. The molecule has 0 fully saturated rings. The van der Waals surface area contributed by atoms with Crippen molar-refractivity contribution in [2.75, 3.05) is 12.4 Å². The first-order valence-electron chi connectivity index (χ1n) is 6.22. The highest BCUT2D eigenvalue weighted by Gasteiger charge is 2.10. The Morgan fingerprint density at radius 2 is 1.80 bits per heavy atom. The smallest absolute Gasteiger partial charge is 0.140 e. The summed E-state index contributed by atoms with van der Waals surface area (Å²) in [7, 11) is 1.66. The fraction of sp³-hybridized carbons (Fsp3) is 0.188. The SMILES string of the molecule is COCc1ccc(C(C#N)Nc2ccc(Cl)cc2)cc1. The first-order valence-corrected chi connectivity index (χ1v) is 6.60. The lowest BCUT2D eigenvalue weighted by Gasteiger charge is -2.14. The molecule has 20 heavy (non-hydrogen) atoms. The van der Waals surface area contributed by atoms with Crippen LogP contribution in [0.25, 0.3) is 0 Å². The third-order valence-corrected chi connectivity index (χ3v) is 3.16. The van der Waals surface area contributed by atoms with Crippen LogP contribution in [0, 0.1) is 11.3 Å². The zero-order valence-corrected chi connectivity index (χ0v) is 11.9. The minimum atomic E-state index is -0.396. The average Bonchev–Trinajstić information content (AvgIpc) is 2.48. The molecule has 1 unspecified atom stereocenters. The summed E-state index contributed by atoms with van der Waals surface area (Å²) in [6.45, 7) is 0.572. The third kappa shape index (κ3) is 3.74. The van der Waals surface area contributed by atoms with Crippen LogP contribution >= 0.6 is 11.6 Å². The van der Waals surface area contributed by atoms with E-state index in [0.29, 0.717) is 11.6 Å². The molecule has 0 saturated carbocycles. The number of hydrogen-bond donors (Lipinski definition) is 1. The van der Waals surface area contributed by atoms with Crippen molar-refractivity contribution in [3.63, 3.8) is 0 Å². The molecular formula is C16H15ClN2O. The van der Waals surface area contributed by atoms with Crippen molar-refractivity contribution in [2.45, 2.75) is 12.6 Å². The van der Waals surface area contributed by atoms with Gasteiger partial charge in [-0.1, -0.05) is 35.9 Å². The van der Waals surface area contributed by atoms with E-state index in [1.165, 1.54) is 0 Å². The standard InChI is InChI=1S/C16H15ClN2O/c1-20-11-12-2-4-13(5-3-12)16(10-18)19-15-8-6-14(17)7-9-15/h2-9,16,19H,11H2,1H3. The number of nitrogens with one attached hydrogen (secondary N) is 1. The Morgan fingerprint density at radius 1 is 1.15 bits per heavy atom. The van der Waals surface area contributed by atoms with Gasteiger partial charge in [-0.2, -0.15) is 5.26 Å². The van der Waals surface area contributed by atoms with Crippen molar-refractivity contribution in [2.24, 2.45) is 0 Å². The third-order valence-electron chi connectivity index (χ3n) is 2.91. The van der Waals surface area contributed by atoms with Crippen molar-refractivity contribution < 1.29 is 4.74 Å². The largest absolute Gasteiger partial charge is 0.380 e. The molecule has 0 aliphatic carbocycles. The van der Waals surface area contributed by atoms with E-state index < -0.39 is 6.04 Å². The number of rotatable bonds is 5. The van der Waals surface area contributed by atoms with E-state index in [9.17, 15) is 5.26 Å². The van der Waals surface area contributed by atoms with Crippen molar-refractivity contribution in [1.82, 2.24) is 0 Å². The van der Waals surface area contributed by atoms with E-state index in [0.717, 1.165) is 16.8 Å². The van der Waals surface area contributed by atoms with Crippen molar-refractivity contribution >= 4 is 17.3 Å². The van der Waals surface area contributed by atoms with Gasteiger partial charge in [0.05, 0.1) is 12.7 Å². The number of benzene rings is 2. The predicted molar refractivity (Wildman–Crippen MR) is 80.6 cm³/mol. The zero-order valence-electron chi connectivity index (χ0n) is 11.1. The van der Waals surface area contributed by atoms with Crippen LogP contribution in [-0.4, -0.2) is 7.11 Å². The van der Waals surface area contributed by atoms with Gasteiger partial charge in [-0.15, -0.1) is 0 Å². The second-order valence-electron chi connectivity index (χ2n) is 4.39. The van der Waals surface area contributed by atoms with Gasteiger partial charge in [-0.05, 0) is 35.4 Å². The molecule has 0 aromatic heterocycles. The summed E-state index contributed by atoms with van der Waals surface area (Å²) >= 11 is 5.84. The van der Waals surface area contributed by atoms with Gasteiger partial charge < -0.3 is 10.1 Å². The molecule has 2 rings (SSSR count). The predicted octanol–water partition coefficient (Wildman–Crippen LogP) is 4.16. The maximum Gasteiger partial charge on any atom is 0.140 e. The topological polar surface area (TPSA) is 45.0 Å². The van der Waals surface area contributed by atoms with Crippen LogP contribution in [0.1, 0.15) is 17.2 Å². The minimum Gasteiger partial charge on any atom is -0.380 e. The Hall–Kier alpha value is -2.02. The summed E-state index contributed by atoms with van der Waals surface area (Å²) in [5, 5.41) is 13.2. The van der Waals surface area contributed by atoms with Crippen LogP contribution in [0.15, 0.2) is 48.5 Å². The Bertz CT molecular complexity index is 587. The summed E-state index contributed by atoms with van der Waals surface area (Å²) in [6.07, 6.45) is 0. The van der Waals surface area contributed by atoms with E-state index in [1.807, 2.05) is 36.4 Å². The molecule has 2 aromatic rings. The van der Waals surface area contributed by atoms with Gasteiger partial charge in [-0.25, -0.2) is 0 Å². The number of halogens is 1. The molecule has 0 radical (unpaired) electrons. The monoisotopic (exact) mass is 286 g/mol. The molecule has 0 saturated heterocycles. The van der Waals surface area contributed by atoms with E-state index in [2.05, 4.69) is 11.4 Å². The van der Waals surface area contributed by atoms with Crippen molar-refractivity contribution in [1.29, 1.82) is 5.26 Å². The lowest BCUT2D eigenvalue weighted by molar-refractivity contribution is 0.185. The Kier molecular flexibility index (Phi) is 5.00. The van der Waals surface area contributed by atoms with Crippen LogP contribution < -0.4 is 5.32 Å². The summed E-state index contributed by atoms with van der Waals surface area (Å²) in [4.78, 5) is 0. The van der Waals surface area contributed by atoms with Crippen LogP contribution in [-0.2, 0) is 11.3 Å². The second-order valence-corrected chi connectivity index (χ2v) is 4.82. The van der Waals surface area contributed by atoms with Gasteiger partial charge in [0.1, 0.15) is 6.04 Å². The van der Waals surface area contributed by atoms with Gasteiger partial charge in [0.25, 0.3) is 0 Å². The lowest BCUT2D eigenvalue weighted by Crippen LogP contribution is -2.08. The maximum atomic E-state index is 9.30. The highest BCUT2D eigenvalue weighted by atomic mass is 35.5. The zero-order chi connectivity index (χ0) is 14.4. The van der Waals surface area contributed by atoms with Crippen LogP contribution in [0.5, 0.6) is 0 Å². The van der Waals surface area contributed by atoms with Gasteiger partial charge in [-0.3, -0.25) is 0 Å². The Labute approximate surface area is 123 Å². The first kappa shape index (κ1) is 14.4. The highest BCUT2D eigenvalue weighted by Crippen LogP contribution is 2.21. The van der Waals surface area contributed by atoms with E-state index in [4.69, 9.17) is 16.3 Å². The molecule has 2 aromatic carbocycles. The molecule has 1 atom stereocenters. The van der Waals surface area contributed by atoms with Gasteiger partial charge in [0.15, 0.2) is 0 Å². The number of ether oxygens (including phenoxy) is 1. The molecule has 0 aliphatic rings. The molecule has 0 bridgehead atoms. The second kappa shape index (κ2) is 6.95. The van der Waals surface area contributed by atoms with Gasteiger partial charge in [0, 0.05) is 17.8 Å². The molecule has 1 N–H and O–H groups in total. The summed E-state index contributed by atoms with van der Waals surface area (Å²) in [5.41, 5.74) is 2.86. The quantitative estimate of drug-likeness (QED) is 0.897. The van der Waals surface area contributed by atoms with Crippen molar-refractivity contribution in [3.8, 4) is 6.07 Å². The molecule has 0 amide bonds. The van der Waals surface area contributed by atoms with Crippen LogP contribution in [0.3, 0.4) is 0 Å². The summed E-state index contributed by atoms with van der Waals surface area (Å²) in [5.74, 6) is 0. The van der Waals surface area contributed by atoms with Crippen LogP contribution in [0.2, 0.25) is 5.02 Å². The Morgan fingerprint density at radius 3 is 2.35 bits per heavy atom. The molecule has 0 aliphatic heterocycles. The van der Waals surface area contributed by atoms with E-state index in [-0.39, 0.29) is 0 Å². The molecule has 102 valence electrons. The van der Waals surface area contributed by atoms with E-state index in [1.54, 1.807) is 19.2 Å². The fourth-order valence-corrected chi connectivity index (χ4v) is 2.00. The molecular weight excluding hydrogens is 272 g/mol. The number of methoxy groups -OCH3 is 1. The van der Waals surface area contributed by atoms with Gasteiger partial charge >= 0.3 is 0 Å². The highest BCUT2D eigenvalue weighted by molar-refractivity contribution is 6.30. The van der Waals surface area contributed by atoms with E-state index >= 15 is 0 Å². The van der Waals surface area contributed by atoms with Crippen molar-refractivity contribution in [3.05, 3.63) is 64.7 Å². The molecule has 0 spiro atoms. The summed E-state index contributed by atoms with van der Waals surface area (Å²) in [6, 6.07) is 17.0. The molecule has 4 heteroatoms. The fourth-order valence-electron chi connectivity index (χ4n) is 1.88. The van der Waals surface area contributed by atoms with Gasteiger partial charge in [0.2, 0.25) is 0 Å². The Balaban J connectivity index is 2.11. The minimum absolute atomic E-state index is 0.396. The number of nitrogens with zero attached hydrogens (tertiary/aromatic N) is 1. The summed E-state index contributed by atoms with van der Waals surface area (Å²) < 4.78 is 5.07. The first-order chi connectivity index (χ1) is 9.72. The number of nitriles is 1. The number of anilines is 1. The van der Waals surface area contributed by atoms with Crippen LogP contribution in [0.4, 0.5) is 5.69 Å². The maximum absolute atomic E-state index is 9.30. The lowest BCUT2D eigenvalue weighted by atomic mass is 10.1. The average molecular weight is 287 g/mol. The number of hydrogen-bond acceptors (Lipinski definition) is 3. The normalized spacial score (nSPS) is 11.7.